The van der Waals surface area contributed by atoms with Crippen molar-refractivity contribution in [1.29, 1.82) is 0 Å². The van der Waals surface area contributed by atoms with E-state index in [9.17, 15) is 4.79 Å². The highest BCUT2D eigenvalue weighted by atomic mass is 16.6. The summed E-state index contributed by atoms with van der Waals surface area (Å²) in [6.45, 7) is 3.96. The Morgan fingerprint density at radius 2 is 1.85 bits per heavy atom. The van der Waals surface area contributed by atoms with E-state index in [0.717, 1.165) is 36.0 Å². The number of fused-ring (bicyclic) bond motifs is 1. The first-order valence-electron chi connectivity index (χ1n) is 8.67. The van der Waals surface area contributed by atoms with Crippen LogP contribution in [-0.4, -0.2) is 60.2 Å². The van der Waals surface area contributed by atoms with Crippen molar-refractivity contribution >= 4 is 17.8 Å². The summed E-state index contributed by atoms with van der Waals surface area (Å²) >= 11 is 0. The van der Waals surface area contributed by atoms with Gasteiger partial charge in [-0.3, -0.25) is 9.78 Å². The summed E-state index contributed by atoms with van der Waals surface area (Å²) in [4.78, 5) is 24.8. The molecule has 0 spiro atoms. The minimum atomic E-state index is 0.0127. The van der Waals surface area contributed by atoms with E-state index in [-0.39, 0.29) is 5.91 Å². The van der Waals surface area contributed by atoms with Crippen LogP contribution >= 0.6 is 0 Å². The summed E-state index contributed by atoms with van der Waals surface area (Å²) in [7, 11) is 0. The molecule has 7 nitrogen and oxygen atoms in total. The van der Waals surface area contributed by atoms with Gasteiger partial charge in [-0.2, -0.15) is 0 Å². The van der Waals surface area contributed by atoms with Crippen molar-refractivity contribution in [3.05, 3.63) is 48.4 Å². The Labute approximate surface area is 151 Å². The molecular formula is C19H20N4O3. The molecule has 3 heterocycles. The molecule has 7 heteroatoms. The lowest BCUT2D eigenvalue weighted by Crippen LogP contribution is -2.48. The van der Waals surface area contributed by atoms with Gasteiger partial charge in [0.05, 0.1) is 6.20 Å². The van der Waals surface area contributed by atoms with E-state index in [4.69, 9.17) is 9.47 Å². The van der Waals surface area contributed by atoms with Crippen molar-refractivity contribution in [2.75, 3.05) is 44.3 Å². The quantitative estimate of drug-likeness (QED) is 0.782. The van der Waals surface area contributed by atoms with Gasteiger partial charge in [-0.25, -0.2) is 4.98 Å². The lowest BCUT2D eigenvalue weighted by atomic mass is 10.1. The summed E-state index contributed by atoms with van der Waals surface area (Å²) in [5.41, 5.74) is 0.917. The van der Waals surface area contributed by atoms with E-state index < -0.39 is 0 Å². The molecule has 26 heavy (non-hydrogen) atoms. The molecule has 2 aromatic rings. The largest absolute Gasteiger partial charge is 0.486 e. The number of piperazine rings is 1. The maximum atomic E-state index is 12.4. The zero-order valence-corrected chi connectivity index (χ0v) is 14.4. The SMILES string of the molecule is O=C(C=Cc1ccc2c(c1)OCCO2)N1CCN(c2cnccn2)CC1. The third-order valence-corrected chi connectivity index (χ3v) is 4.45. The number of benzene rings is 1. The van der Waals surface area contributed by atoms with Crippen LogP contribution in [0, 0.1) is 0 Å². The molecule has 2 aliphatic rings. The number of amides is 1. The summed E-state index contributed by atoms with van der Waals surface area (Å²) in [5, 5.41) is 0. The van der Waals surface area contributed by atoms with Gasteiger partial charge in [0.1, 0.15) is 19.0 Å². The van der Waals surface area contributed by atoms with E-state index in [0.29, 0.717) is 26.3 Å². The predicted octanol–water partition coefficient (Wildman–Crippen LogP) is 1.61. The number of aromatic nitrogens is 2. The standard InChI is InChI=1S/C19H20N4O3/c24-19(4-2-15-1-3-16-17(13-15)26-12-11-25-16)23-9-7-22(8-10-23)18-14-20-5-6-21-18/h1-6,13-14H,7-12H2. The summed E-state index contributed by atoms with van der Waals surface area (Å²) in [6.07, 6.45) is 8.52. The lowest BCUT2D eigenvalue weighted by Gasteiger charge is -2.34. The summed E-state index contributed by atoms with van der Waals surface area (Å²) < 4.78 is 11.1. The number of carbonyl (C=O) groups is 1. The normalized spacial score (nSPS) is 16.8. The monoisotopic (exact) mass is 352 g/mol. The average molecular weight is 352 g/mol. The fourth-order valence-corrected chi connectivity index (χ4v) is 3.05. The molecule has 0 atom stereocenters. The van der Waals surface area contributed by atoms with Crippen LogP contribution in [0.2, 0.25) is 0 Å². The minimum absolute atomic E-state index is 0.0127. The topological polar surface area (TPSA) is 67.8 Å². The van der Waals surface area contributed by atoms with Crippen LogP contribution in [0.15, 0.2) is 42.9 Å². The maximum absolute atomic E-state index is 12.4. The summed E-state index contributed by atoms with van der Waals surface area (Å²) in [5.74, 6) is 2.34. The van der Waals surface area contributed by atoms with Gasteiger partial charge in [-0.1, -0.05) is 6.07 Å². The van der Waals surface area contributed by atoms with Crippen LogP contribution < -0.4 is 14.4 Å². The first-order valence-corrected chi connectivity index (χ1v) is 8.67. The molecule has 1 fully saturated rings. The highest BCUT2D eigenvalue weighted by molar-refractivity contribution is 5.92. The van der Waals surface area contributed by atoms with Crippen LogP contribution in [0.1, 0.15) is 5.56 Å². The van der Waals surface area contributed by atoms with E-state index in [2.05, 4.69) is 14.9 Å². The fourth-order valence-electron chi connectivity index (χ4n) is 3.05. The Balaban J connectivity index is 1.35. The zero-order valence-electron chi connectivity index (χ0n) is 14.4. The molecule has 1 saturated heterocycles. The molecule has 0 N–H and O–H groups in total. The Morgan fingerprint density at radius 3 is 2.62 bits per heavy atom. The van der Waals surface area contributed by atoms with Crippen LogP contribution in [0.25, 0.3) is 6.08 Å². The van der Waals surface area contributed by atoms with Crippen LogP contribution in [0.5, 0.6) is 11.5 Å². The zero-order chi connectivity index (χ0) is 17.8. The second-order valence-corrected chi connectivity index (χ2v) is 6.11. The van der Waals surface area contributed by atoms with Crippen molar-refractivity contribution < 1.29 is 14.3 Å². The number of hydrogen-bond donors (Lipinski definition) is 0. The molecule has 0 unspecified atom stereocenters. The maximum Gasteiger partial charge on any atom is 0.246 e. The number of rotatable bonds is 3. The minimum Gasteiger partial charge on any atom is -0.486 e. The Bertz CT molecular complexity index is 802. The number of nitrogens with zero attached hydrogens (tertiary/aromatic N) is 4. The molecule has 1 amide bonds. The Morgan fingerprint density at radius 1 is 1.04 bits per heavy atom. The van der Waals surface area contributed by atoms with E-state index in [1.807, 2.05) is 29.2 Å². The number of carbonyl (C=O) groups excluding carboxylic acids is 1. The molecule has 1 aromatic carbocycles. The first kappa shape index (κ1) is 16.4. The fraction of sp³-hybridized carbons (Fsp3) is 0.316. The molecule has 0 aliphatic carbocycles. The second kappa shape index (κ2) is 7.43. The van der Waals surface area contributed by atoms with Crippen molar-refractivity contribution in [2.45, 2.75) is 0 Å². The van der Waals surface area contributed by atoms with Gasteiger partial charge in [-0.05, 0) is 23.8 Å². The van der Waals surface area contributed by atoms with Gasteiger partial charge in [0.15, 0.2) is 11.5 Å². The van der Waals surface area contributed by atoms with Gasteiger partial charge >= 0.3 is 0 Å². The first-order chi connectivity index (χ1) is 12.8. The van der Waals surface area contributed by atoms with Crippen molar-refractivity contribution in [3.8, 4) is 11.5 Å². The average Bonchev–Trinajstić information content (AvgIpc) is 2.72. The molecule has 134 valence electrons. The van der Waals surface area contributed by atoms with Crippen LogP contribution in [0.3, 0.4) is 0 Å². The summed E-state index contributed by atoms with van der Waals surface area (Å²) in [6, 6.07) is 5.69. The predicted molar refractivity (Wildman–Crippen MR) is 97.3 cm³/mol. The van der Waals surface area contributed by atoms with Crippen molar-refractivity contribution in [3.63, 3.8) is 0 Å². The van der Waals surface area contributed by atoms with Gasteiger partial charge in [-0.15, -0.1) is 0 Å². The molecule has 4 rings (SSSR count). The smallest absolute Gasteiger partial charge is 0.246 e. The van der Waals surface area contributed by atoms with Gasteiger partial charge in [0.25, 0.3) is 0 Å². The molecule has 1 aromatic heterocycles. The molecule has 0 bridgehead atoms. The van der Waals surface area contributed by atoms with E-state index in [1.54, 1.807) is 24.7 Å². The number of anilines is 1. The number of ether oxygens (including phenoxy) is 2. The Kier molecular flexibility index (Phi) is 4.68. The third-order valence-electron chi connectivity index (χ3n) is 4.45. The van der Waals surface area contributed by atoms with Crippen molar-refractivity contribution in [1.82, 2.24) is 14.9 Å². The van der Waals surface area contributed by atoms with E-state index in [1.165, 1.54) is 0 Å². The third kappa shape index (κ3) is 3.61. The van der Waals surface area contributed by atoms with Gasteiger partial charge in [0.2, 0.25) is 5.91 Å². The molecular weight excluding hydrogens is 332 g/mol. The highest BCUT2D eigenvalue weighted by Crippen LogP contribution is 2.31. The van der Waals surface area contributed by atoms with Crippen molar-refractivity contribution in [2.24, 2.45) is 0 Å². The second-order valence-electron chi connectivity index (χ2n) is 6.11. The molecule has 0 radical (unpaired) electrons. The number of hydrogen-bond acceptors (Lipinski definition) is 6. The molecule has 0 saturated carbocycles. The van der Waals surface area contributed by atoms with Crippen LogP contribution in [-0.2, 0) is 4.79 Å². The van der Waals surface area contributed by atoms with E-state index >= 15 is 0 Å². The molecule has 2 aliphatic heterocycles. The van der Waals surface area contributed by atoms with Gasteiger partial charge < -0.3 is 19.3 Å². The lowest BCUT2D eigenvalue weighted by molar-refractivity contribution is -0.126. The highest BCUT2D eigenvalue weighted by Gasteiger charge is 2.20. The Hall–Kier alpha value is -3.09. The van der Waals surface area contributed by atoms with Gasteiger partial charge in [0, 0.05) is 44.6 Å². The van der Waals surface area contributed by atoms with Crippen LogP contribution in [0.4, 0.5) is 5.82 Å².